The lowest BCUT2D eigenvalue weighted by Crippen LogP contribution is -2.26. The van der Waals surface area contributed by atoms with Gasteiger partial charge in [-0.2, -0.15) is 0 Å². The molecule has 0 amide bonds. The maximum absolute atomic E-state index is 3.58. The molecule has 1 aromatic rings. The van der Waals surface area contributed by atoms with E-state index in [0.717, 1.165) is 6.54 Å². The Bertz CT molecular complexity index is 316. The fourth-order valence-corrected chi connectivity index (χ4v) is 2.36. The first kappa shape index (κ1) is 10.2. The van der Waals surface area contributed by atoms with Gasteiger partial charge < -0.3 is 5.32 Å². The van der Waals surface area contributed by atoms with Crippen LogP contribution in [0.1, 0.15) is 36.4 Å². The number of aryl methyl sites for hydroxylation is 1. The van der Waals surface area contributed by atoms with Gasteiger partial charge >= 0.3 is 0 Å². The Morgan fingerprint density at radius 1 is 1.36 bits per heavy atom. The summed E-state index contributed by atoms with van der Waals surface area (Å²) in [6.07, 6.45) is 3.95. The summed E-state index contributed by atoms with van der Waals surface area (Å²) in [7, 11) is 0. The standard InChI is InChI=1S/C12H16BrN/c1-9-5-6-10(8-11(9)13)12-4-2-3-7-14-12/h5-6,8,12,14H,2-4,7H2,1H3/t12-/m0/s1. The van der Waals surface area contributed by atoms with Crippen molar-refractivity contribution in [3.63, 3.8) is 0 Å². The highest BCUT2D eigenvalue weighted by Gasteiger charge is 2.14. The summed E-state index contributed by atoms with van der Waals surface area (Å²) < 4.78 is 1.22. The largest absolute Gasteiger partial charge is 0.310 e. The highest BCUT2D eigenvalue weighted by molar-refractivity contribution is 9.10. The van der Waals surface area contributed by atoms with E-state index in [1.165, 1.54) is 34.9 Å². The molecule has 2 heteroatoms. The minimum Gasteiger partial charge on any atom is -0.310 e. The second kappa shape index (κ2) is 4.45. The molecular weight excluding hydrogens is 238 g/mol. The number of benzene rings is 1. The van der Waals surface area contributed by atoms with Crippen molar-refractivity contribution in [2.45, 2.75) is 32.2 Å². The van der Waals surface area contributed by atoms with Crippen molar-refractivity contribution in [2.24, 2.45) is 0 Å². The normalized spacial score (nSPS) is 22.3. The minimum absolute atomic E-state index is 0.570. The number of hydrogen-bond donors (Lipinski definition) is 1. The second-order valence-corrected chi connectivity index (χ2v) is 4.87. The molecule has 0 aromatic heterocycles. The number of nitrogens with one attached hydrogen (secondary N) is 1. The molecule has 1 fully saturated rings. The summed E-state index contributed by atoms with van der Waals surface area (Å²) in [5.41, 5.74) is 2.73. The van der Waals surface area contributed by atoms with Crippen molar-refractivity contribution in [1.29, 1.82) is 0 Å². The van der Waals surface area contributed by atoms with Crippen LogP contribution in [0.3, 0.4) is 0 Å². The molecule has 76 valence electrons. The Morgan fingerprint density at radius 3 is 2.86 bits per heavy atom. The van der Waals surface area contributed by atoms with E-state index < -0.39 is 0 Å². The molecule has 0 radical (unpaired) electrons. The number of rotatable bonds is 1. The van der Waals surface area contributed by atoms with Crippen molar-refractivity contribution in [1.82, 2.24) is 5.32 Å². The van der Waals surface area contributed by atoms with Crippen LogP contribution >= 0.6 is 15.9 Å². The highest BCUT2D eigenvalue weighted by atomic mass is 79.9. The lowest BCUT2D eigenvalue weighted by molar-refractivity contribution is 0.412. The molecule has 0 unspecified atom stereocenters. The van der Waals surface area contributed by atoms with Crippen LogP contribution in [0, 0.1) is 6.92 Å². The lowest BCUT2D eigenvalue weighted by Gasteiger charge is -2.24. The smallest absolute Gasteiger partial charge is 0.0320 e. The molecule has 1 atom stereocenters. The fourth-order valence-electron chi connectivity index (χ4n) is 1.96. The Labute approximate surface area is 94.0 Å². The molecule has 0 aliphatic carbocycles. The molecule has 0 bridgehead atoms. The molecule has 1 N–H and O–H groups in total. The van der Waals surface area contributed by atoms with Crippen molar-refractivity contribution >= 4 is 15.9 Å². The summed E-state index contributed by atoms with van der Waals surface area (Å²) in [4.78, 5) is 0. The van der Waals surface area contributed by atoms with Gasteiger partial charge in [0.05, 0.1) is 0 Å². The van der Waals surface area contributed by atoms with Gasteiger partial charge in [-0.05, 0) is 43.5 Å². The summed E-state index contributed by atoms with van der Waals surface area (Å²) in [5, 5.41) is 3.56. The third-order valence-corrected chi connectivity index (χ3v) is 3.76. The maximum atomic E-state index is 3.58. The van der Waals surface area contributed by atoms with Crippen LogP contribution in [0.5, 0.6) is 0 Å². The first-order chi connectivity index (χ1) is 6.77. The molecule has 0 saturated carbocycles. The van der Waals surface area contributed by atoms with Crippen LogP contribution in [-0.2, 0) is 0 Å². The Hall–Kier alpha value is -0.340. The number of piperidine rings is 1. The van der Waals surface area contributed by atoms with E-state index in [2.05, 4.69) is 46.4 Å². The van der Waals surface area contributed by atoms with E-state index in [1.54, 1.807) is 0 Å². The van der Waals surface area contributed by atoms with E-state index in [-0.39, 0.29) is 0 Å². The first-order valence-electron chi connectivity index (χ1n) is 5.27. The maximum Gasteiger partial charge on any atom is 0.0320 e. The van der Waals surface area contributed by atoms with E-state index in [4.69, 9.17) is 0 Å². The third-order valence-electron chi connectivity index (χ3n) is 2.91. The molecule has 1 heterocycles. The first-order valence-corrected chi connectivity index (χ1v) is 6.06. The van der Waals surface area contributed by atoms with Gasteiger partial charge in [-0.1, -0.05) is 34.5 Å². The van der Waals surface area contributed by atoms with Gasteiger partial charge in [0.1, 0.15) is 0 Å². The Kier molecular flexibility index (Phi) is 3.24. The van der Waals surface area contributed by atoms with Crippen LogP contribution in [0.15, 0.2) is 22.7 Å². The fraction of sp³-hybridized carbons (Fsp3) is 0.500. The predicted octanol–water partition coefficient (Wildman–Crippen LogP) is 3.57. The number of halogens is 1. The van der Waals surface area contributed by atoms with E-state index in [9.17, 15) is 0 Å². The molecule has 1 nitrogen and oxygen atoms in total. The molecule has 14 heavy (non-hydrogen) atoms. The molecular formula is C12H16BrN. The zero-order chi connectivity index (χ0) is 9.97. The van der Waals surface area contributed by atoms with Crippen molar-refractivity contribution in [3.8, 4) is 0 Å². The van der Waals surface area contributed by atoms with Crippen molar-refractivity contribution < 1.29 is 0 Å². The second-order valence-electron chi connectivity index (χ2n) is 4.01. The quantitative estimate of drug-likeness (QED) is 0.807. The Morgan fingerprint density at radius 2 is 2.21 bits per heavy atom. The molecule has 1 aliphatic heterocycles. The molecule has 1 saturated heterocycles. The van der Waals surface area contributed by atoms with Gasteiger partial charge in [-0.3, -0.25) is 0 Å². The van der Waals surface area contributed by atoms with Crippen LogP contribution in [-0.4, -0.2) is 6.54 Å². The number of hydrogen-bond acceptors (Lipinski definition) is 1. The highest BCUT2D eigenvalue weighted by Crippen LogP contribution is 2.26. The Balaban J connectivity index is 2.18. The summed E-state index contributed by atoms with van der Waals surface area (Å²) in [6.45, 7) is 3.29. The summed E-state index contributed by atoms with van der Waals surface area (Å²) in [6, 6.07) is 7.25. The average Bonchev–Trinajstić information content (AvgIpc) is 2.23. The van der Waals surface area contributed by atoms with Gasteiger partial charge in [-0.15, -0.1) is 0 Å². The van der Waals surface area contributed by atoms with E-state index in [0.29, 0.717) is 6.04 Å². The topological polar surface area (TPSA) is 12.0 Å². The van der Waals surface area contributed by atoms with Crippen LogP contribution in [0.25, 0.3) is 0 Å². The van der Waals surface area contributed by atoms with Crippen LogP contribution < -0.4 is 5.32 Å². The lowest BCUT2D eigenvalue weighted by atomic mass is 9.97. The molecule has 1 aliphatic rings. The zero-order valence-electron chi connectivity index (χ0n) is 8.52. The minimum atomic E-state index is 0.570. The molecule has 1 aromatic carbocycles. The average molecular weight is 254 g/mol. The van der Waals surface area contributed by atoms with Gasteiger partial charge in [0.25, 0.3) is 0 Å². The van der Waals surface area contributed by atoms with Gasteiger partial charge in [-0.25, -0.2) is 0 Å². The van der Waals surface area contributed by atoms with Gasteiger partial charge in [0.15, 0.2) is 0 Å². The van der Waals surface area contributed by atoms with Gasteiger partial charge in [0.2, 0.25) is 0 Å². The molecule has 2 rings (SSSR count). The van der Waals surface area contributed by atoms with E-state index in [1.807, 2.05) is 0 Å². The van der Waals surface area contributed by atoms with Crippen LogP contribution in [0.2, 0.25) is 0 Å². The van der Waals surface area contributed by atoms with Crippen LogP contribution in [0.4, 0.5) is 0 Å². The monoisotopic (exact) mass is 253 g/mol. The molecule has 0 spiro atoms. The predicted molar refractivity (Wildman–Crippen MR) is 63.5 cm³/mol. The summed E-state index contributed by atoms with van der Waals surface area (Å²) >= 11 is 3.58. The van der Waals surface area contributed by atoms with Crippen molar-refractivity contribution in [2.75, 3.05) is 6.54 Å². The van der Waals surface area contributed by atoms with Gasteiger partial charge in [0, 0.05) is 10.5 Å². The zero-order valence-corrected chi connectivity index (χ0v) is 10.1. The summed E-state index contributed by atoms with van der Waals surface area (Å²) in [5.74, 6) is 0. The third kappa shape index (κ3) is 2.18. The van der Waals surface area contributed by atoms with E-state index >= 15 is 0 Å². The van der Waals surface area contributed by atoms with Crippen molar-refractivity contribution in [3.05, 3.63) is 33.8 Å². The SMILES string of the molecule is Cc1ccc([C@@H]2CCCCN2)cc1Br.